The summed E-state index contributed by atoms with van der Waals surface area (Å²) in [5, 5.41) is 0. The first-order valence-corrected chi connectivity index (χ1v) is 10.3. The van der Waals surface area contributed by atoms with Crippen LogP contribution < -0.4 is 4.74 Å². The summed E-state index contributed by atoms with van der Waals surface area (Å²) >= 11 is 0. The summed E-state index contributed by atoms with van der Waals surface area (Å²) in [5.41, 5.74) is 4.97. The molecule has 32 heavy (non-hydrogen) atoms. The van der Waals surface area contributed by atoms with Crippen molar-refractivity contribution in [1.82, 2.24) is 19.9 Å². The van der Waals surface area contributed by atoms with Gasteiger partial charge in [0.25, 0.3) is 5.91 Å². The molecule has 0 radical (unpaired) electrons. The molecule has 0 bridgehead atoms. The minimum Gasteiger partial charge on any atom is -0.435 e. The number of imidazole rings is 1. The predicted molar refractivity (Wildman–Crippen MR) is 118 cm³/mol. The number of hydrogen-bond acceptors (Lipinski definition) is 4. The van der Waals surface area contributed by atoms with E-state index < -0.39 is 5.82 Å². The number of ether oxygens (including phenoxy) is 1. The average molecular weight is 428 g/mol. The largest absolute Gasteiger partial charge is 0.435 e. The molecule has 7 heteroatoms. The first-order valence-electron chi connectivity index (χ1n) is 10.3. The van der Waals surface area contributed by atoms with Crippen LogP contribution in [0.5, 0.6) is 11.6 Å². The Labute approximate surface area is 184 Å². The topological polar surface area (TPSA) is 71.1 Å². The number of carbonyl (C=O) groups excluding carboxylic acids is 1. The van der Waals surface area contributed by atoms with E-state index in [9.17, 15) is 9.18 Å². The molecule has 160 valence electrons. The van der Waals surface area contributed by atoms with Crippen molar-refractivity contribution in [1.29, 1.82) is 0 Å². The van der Waals surface area contributed by atoms with Crippen molar-refractivity contribution in [3.8, 4) is 23.0 Å². The molecule has 1 aliphatic heterocycles. The van der Waals surface area contributed by atoms with Gasteiger partial charge in [0.2, 0.25) is 5.88 Å². The lowest BCUT2D eigenvalue weighted by Crippen LogP contribution is -2.23. The first kappa shape index (κ1) is 19.9. The van der Waals surface area contributed by atoms with Gasteiger partial charge in [-0.1, -0.05) is 30.3 Å². The summed E-state index contributed by atoms with van der Waals surface area (Å²) in [6, 6.07) is 14.4. The average Bonchev–Trinajstić information content (AvgIpc) is 3.35. The van der Waals surface area contributed by atoms with E-state index in [0.717, 1.165) is 33.8 Å². The number of halogens is 1. The third-order valence-corrected chi connectivity index (χ3v) is 5.46. The van der Waals surface area contributed by atoms with Gasteiger partial charge >= 0.3 is 0 Å². The maximum atomic E-state index is 14.3. The van der Waals surface area contributed by atoms with Gasteiger partial charge in [-0.15, -0.1) is 0 Å². The lowest BCUT2D eigenvalue weighted by atomic mass is 10.1. The van der Waals surface area contributed by atoms with E-state index in [0.29, 0.717) is 18.7 Å². The van der Waals surface area contributed by atoms with Crippen LogP contribution in [-0.4, -0.2) is 25.8 Å². The van der Waals surface area contributed by atoms with Crippen molar-refractivity contribution in [2.45, 2.75) is 26.9 Å². The number of nitrogens with zero attached hydrogens (tertiary/aromatic N) is 3. The quantitative estimate of drug-likeness (QED) is 0.476. The third kappa shape index (κ3) is 3.73. The van der Waals surface area contributed by atoms with E-state index in [4.69, 9.17) is 4.74 Å². The Bertz CT molecular complexity index is 1310. The Kier molecular flexibility index (Phi) is 4.93. The van der Waals surface area contributed by atoms with E-state index in [2.05, 4.69) is 15.0 Å². The zero-order valence-electron chi connectivity index (χ0n) is 17.7. The van der Waals surface area contributed by atoms with Crippen molar-refractivity contribution in [3.63, 3.8) is 0 Å². The van der Waals surface area contributed by atoms with Crippen LogP contribution in [0.4, 0.5) is 4.39 Å². The van der Waals surface area contributed by atoms with Crippen LogP contribution >= 0.6 is 0 Å². The number of nitrogens with one attached hydrogen (secondary N) is 1. The number of amides is 1. The normalized spacial score (nSPS) is 12.8. The number of rotatable bonds is 5. The highest BCUT2D eigenvalue weighted by Crippen LogP contribution is 2.34. The summed E-state index contributed by atoms with van der Waals surface area (Å²) in [7, 11) is 0. The zero-order chi connectivity index (χ0) is 22.2. The fourth-order valence-electron chi connectivity index (χ4n) is 3.82. The molecule has 0 saturated carbocycles. The Morgan fingerprint density at radius 2 is 1.91 bits per heavy atom. The van der Waals surface area contributed by atoms with E-state index in [1.807, 2.05) is 31.2 Å². The summed E-state index contributed by atoms with van der Waals surface area (Å²) < 4.78 is 19.9. The number of benzene rings is 2. The van der Waals surface area contributed by atoms with Gasteiger partial charge in [-0.2, -0.15) is 0 Å². The highest BCUT2D eigenvalue weighted by molar-refractivity contribution is 6.00. The molecular formula is C25H21FN4O2. The Hall–Kier alpha value is -4.00. The summed E-state index contributed by atoms with van der Waals surface area (Å²) in [4.78, 5) is 26.6. The summed E-state index contributed by atoms with van der Waals surface area (Å²) in [6.07, 6.45) is 3.37. The molecule has 1 amide bonds. The molecule has 1 N–H and O–H groups in total. The van der Waals surface area contributed by atoms with Crippen LogP contribution in [0.3, 0.4) is 0 Å². The third-order valence-electron chi connectivity index (χ3n) is 5.46. The van der Waals surface area contributed by atoms with Gasteiger partial charge in [0.05, 0.1) is 0 Å². The zero-order valence-corrected chi connectivity index (χ0v) is 17.7. The van der Waals surface area contributed by atoms with Crippen molar-refractivity contribution in [2.75, 3.05) is 0 Å². The number of aryl methyl sites for hydroxylation is 2. The second kappa shape index (κ2) is 7.92. The lowest BCUT2D eigenvalue weighted by molar-refractivity contribution is 0.0764. The highest BCUT2D eigenvalue weighted by atomic mass is 19.1. The maximum Gasteiger partial charge on any atom is 0.260 e. The molecule has 4 aromatic rings. The van der Waals surface area contributed by atoms with Gasteiger partial charge in [-0.25, -0.2) is 14.4 Å². The van der Waals surface area contributed by atoms with Crippen LogP contribution in [0, 0.1) is 19.7 Å². The number of hydrogen-bond donors (Lipinski definition) is 1. The van der Waals surface area contributed by atoms with E-state index >= 15 is 0 Å². The molecule has 3 heterocycles. The van der Waals surface area contributed by atoms with Crippen molar-refractivity contribution >= 4 is 5.91 Å². The standard InChI is InChI=1S/C25H21FN4O2/c1-15-3-8-21(20(26)11-15)32-24-22-19(9-10-27-24)14-30(25(22)31)13-17-4-6-18(7-5-17)23-28-12-16(2)29-23/h3-12H,13-14H2,1-2H3,(H,28,29). The predicted octanol–water partition coefficient (Wildman–Crippen LogP) is 5.18. The van der Waals surface area contributed by atoms with Gasteiger partial charge in [-0.05, 0) is 48.7 Å². The van der Waals surface area contributed by atoms with E-state index in [1.54, 1.807) is 42.4 Å². The van der Waals surface area contributed by atoms with Crippen molar-refractivity contribution < 1.29 is 13.9 Å². The van der Waals surface area contributed by atoms with Crippen molar-refractivity contribution in [2.24, 2.45) is 0 Å². The Balaban J connectivity index is 1.35. The lowest BCUT2D eigenvalue weighted by Gasteiger charge is -2.16. The van der Waals surface area contributed by atoms with Gasteiger partial charge in [0.15, 0.2) is 11.6 Å². The monoisotopic (exact) mass is 428 g/mol. The number of fused-ring (bicyclic) bond motifs is 1. The van der Waals surface area contributed by atoms with E-state index in [-0.39, 0.29) is 17.5 Å². The van der Waals surface area contributed by atoms with Gasteiger partial charge in [0, 0.05) is 36.7 Å². The molecule has 0 saturated heterocycles. The molecule has 0 unspecified atom stereocenters. The minimum atomic E-state index is -0.487. The Morgan fingerprint density at radius 3 is 2.62 bits per heavy atom. The molecule has 1 aliphatic rings. The molecule has 0 fully saturated rings. The van der Waals surface area contributed by atoms with Gasteiger partial charge in [0.1, 0.15) is 11.4 Å². The molecule has 0 spiro atoms. The van der Waals surface area contributed by atoms with Gasteiger partial charge in [-0.3, -0.25) is 4.79 Å². The summed E-state index contributed by atoms with van der Waals surface area (Å²) in [5.74, 6) is 0.322. The number of pyridine rings is 1. The maximum absolute atomic E-state index is 14.3. The molecule has 0 atom stereocenters. The van der Waals surface area contributed by atoms with Crippen molar-refractivity contribution in [3.05, 3.63) is 94.7 Å². The van der Waals surface area contributed by atoms with E-state index in [1.165, 1.54) is 6.07 Å². The van der Waals surface area contributed by atoms with Crippen LogP contribution in [0.2, 0.25) is 0 Å². The number of aromatic nitrogens is 3. The second-order valence-electron chi connectivity index (χ2n) is 7.96. The number of aromatic amines is 1. The molecule has 5 rings (SSSR count). The summed E-state index contributed by atoms with van der Waals surface area (Å²) in [6.45, 7) is 4.66. The molecular weight excluding hydrogens is 407 g/mol. The number of carbonyl (C=O) groups is 1. The smallest absolute Gasteiger partial charge is 0.260 e. The van der Waals surface area contributed by atoms with Crippen LogP contribution in [0.1, 0.15) is 32.7 Å². The highest BCUT2D eigenvalue weighted by Gasteiger charge is 2.32. The Morgan fingerprint density at radius 1 is 1.09 bits per heavy atom. The SMILES string of the molecule is Cc1ccc(Oc2nccc3c2C(=O)N(Cc2ccc(-c4ncc(C)[nH]4)cc2)C3)c(F)c1. The second-order valence-corrected chi connectivity index (χ2v) is 7.96. The fourth-order valence-corrected chi connectivity index (χ4v) is 3.82. The molecule has 2 aromatic carbocycles. The molecule has 6 nitrogen and oxygen atoms in total. The van der Waals surface area contributed by atoms with Gasteiger partial charge < -0.3 is 14.6 Å². The van der Waals surface area contributed by atoms with Crippen LogP contribution in [0.15, 0.2) is 60.9 Å². The minimum absolute atomic E-state index is 0.0477. The molecule has 2 aromatic heterocycles. The fraction of sp³-hybridized carbons (Fsp3) is 0.160. The molecule has 0 aliphatic carbocycles. The number of H-pyrrole nitrogens is 1. The van der Waals surface area contributed by atoms with Crippen LogP contribution in [0.25, 0.3) is 11.4 Å². The van der Waals surface area contributed by atoms with Crippen LogP contribution in [-0.2, 0) is 13.1 Å². The first-order chi connectivity index (χ1) is 15.5.